The normalized spacial score (nSPS) is 14.7. The topological polar surface area (TPSA) is 20.2 Å². The molecule has 2 aromatic carbocycles. The van der Waals surface area contributed by atoms with Crippen molar-refractivity contribution in [3.05, 3.63) is 71.3 Å². The molecule has 0 radical (unpaired) electrons. The van der Waals surface area contributed by atoms with Crippen molar-refractivity contribution < 1.29 is 18.3 Å². The van der Waals surface area contributed by atoms with Crippen molar-refractivity contribution in [3.63, 3.8) is 0 Å². The zero-order valence-corrected chi connectivity index (χ0v) is 11.7. The van der Waals surface area contributed by atoms with E-state index in [1.165, 1.54) is 12.1 Å². The van der Waals surface area contributed by atoms with E-state index in [0.29, 0.717) is 12.0 Å². The summed E-state index contributed by atoms with van der Waals surface area (Å²) in [5, 5.41) is 10.8. The predicted molar refractivity (Wildman–Crippen MR) is 75.8 cm³/mol. The van der Waals surface area contributed by atoms with Crippen LogP contribution in [0.3, 0.4) is 0 Å². The Morgan fingerprint density at radius 3 is 1.90 bits per heavy atom. The number of hydrogen-bond acceptors (Lipinski definition) is 1. The van der Waals surface area contributed by atoms with E-state index >= 15 is 0 Å². The van der Waals surface area contributed by atoms with E-state index in [1.807, 2.05) is 37.3 Å². The van der Waals surface area contributed by atoms with Crippen LogP contribution in [0.15, 0.2) is 54.6 Å². The van der Waals surface area contributed by atoms with Crippen LogP contribution in [0.25, 0.3) is 0 Å². The summed E-state index contributed by atoms with van der Waals surface area (Å²) in [6.07, 6.45) is -3.57. The van der Waals surface area contributed by atoms with E-state index in [0.717, 1.165) is 17.7 Å². The summed E-state index contributed by atoms with van der Waals surface area (Å²) < 4.78 is 37.6. The Morgan fingerprint density at radius 2 is 1.43 bits per heavy atom. The van der Waals surface area contributed by atoms with E-state index in [9.17, 15) is 18.3 Å². The molecule has 1 atom stereocenters. The van der Waals surface area contributed by atoms with E-state index < -0.39 is 17.3 Å². The fourth-order valence-corrected chi connectivity index (χ4v) is 2.33. The molecule has 0 aromatic heterocycles. The molecule has 0 bridgehead atoms. The van der Waals surface area contributed by atoms with Crippen molar-refractivity contribution in [3.8, 4) is 0 Å². The van der Waals surface area contributed by atoms with Crippen LogP contribution < -0.4 is 0 Å². The lowest BCUT2D eigenvalue weighted by molar-refractivity contribution is -0.137. The first-order chi connectivity index (χ1) is 9.85. The van der Waals surface area contributed by atoms with Crippen LogP contribution in [0.1, 0.15) is 30.0 Å². The lowest BCUT2D eigenvalue weighted by Crippen LogP contribution is -2.27. The molecular weight excluding hydrogens is 277 g/mol. The Morgan fingerprint density at radius 1 is 0.857 bits per heavy atom. The number of rotatable bonds is 4. The fourth-order valence-electron chi connectivity index (χ4n) is 2.33. The van der Waals surface area contributed by atoms with Crippen molar-refractivity contribution in [2.75, 3.05) is 0 Å². The molecule has 4 heteroatoms. The molecule has 2 rings (SSSR count). The molecule has 0 aliphatic rings. The van der Waals surface area contributed by atoms with Crippen molar-refractivity contribution in [1.82, 2.24) is 0 Å². The standard InChI is InChI=1S/C17H17F3O/c1-2-16(21,14-6-4-3-5-7-14)12-13-8-10-15(11-9-13)17(18,19)20/h3-11,21H,2,12H2,1H3. The van der Waals surface area contributed by atoms with Crippen molar-refractivity contribution in [2.45, 2.75) is 31.5 Å². The Bertz CT molecular complexity index is 575. The van der Waals surface area contributed by atoms with Gasteiger partial charge in [0, 0.05) is 6.42 Å². The summed E-state index contributed by atoms with van der Waals surface area (Å²) in [5.41, 5.74) is -0.296. The third kappa shape index (κ3) is 3.64. The lowest BCUT2D eigenvalue weighted by atomic mass is 9.85. The van der Waals surface area contributed by atoms with Gasteiger partial charge in [0.15, 0.2) is 0 Å². The maximum absolute atomic E-state index is 12.5. The molecular formula is C17H17F3O. The minimum absolute atomic E-state index is 0.283. The molecule has 0 amide bonds. The smallest absolute Gasteiger partial charge is 0.385 e. The molecule has 0 saturated carbocycles. The molecule has 2 aromatic rings. The Balaban J connectivity index is 2.23. The van der Waals surface area contributed by atoms with Gasteiger partial charge in [0.05, 0.1) is 11.2 Å². The van der Waals surface area contributed by atoms with E-state index in [2.05, 4.69) is 0 Å². The fraction of sp³-hybridized carbons (Fsp3) is 0.294. The van der Waals surface area contributed by atoms with Gasteiger partial charge >= 0.3 is 6.18 Å². The zero-order chi connectivity index (χ0) is 15.5. The van der Waals surface area contributed by atoms with Crippen LogP contribution in [-0.4, -0.2) is 5.11 Å². The largest absolute Gasteiger partial charge is 0.416 e. The molecule has 112 valence electrons. The maximum Gasteiger partial charge on any atom is 0.416 e. The van der Waals surface area contributed by atoms with Crippen LogP contribution >= 0.6 is 0 Å². The lowest BCUT2D eigenvalue weighted by Gasteiger charge is -2.27. The van der Waals surface area contributed by atoms with Crippen molar-refractivity contribution in [2.24, 2.45) is 0 Å². The van der Waals surface area contributed by atoms with Gasteiger partial charge in [-0.2, -0.15) is 13.2 Å². The monoisotopic (exact) mass is 294 g/mol. The first kappa shape index (κ1) is 15.6. The van der Waals surface area contributed by atoms with Gasteiger partial charge in [0.25, 0.3) is 0 Å². The second-order valence-electron chi connectivity index (χ2n) is 5.12. The third-order valence-corrected chi connectivity index (χ3v) is 3.67. The molecule has 1 unspecified atom stereocenters. The molecule has 0 heterocycles. The highest BCUT2D eigenvalue weighted by Crippen LogP contribution is 2.32. The van der Waals surface area contributed by atoms with Gasteiger partial charge in [-0.25, -0.2) is 0 Å². The van der Waals surface area contributed by atoms with Crippen LogP contribution in [0.5, 0.6) is 0 Å². The van der Waals surface area contributed by atoms with Gasteiger partial charge in [0.1, 0.15) is 0 Å². The van der Waals surface area contributed by atoms with Gasteiger partial charge in [0.2, 0.25) is 0 Å². The summed E-state index contributed by atoms with van der Waals surface area (Å²) in [6, 6.07) is 14.1. The summed E-state index contributed by atoms with van der Waals surface area (Å²) in [7, 11) is 0. The highest BCUT2D eigenvalue weighted by Gasteiger charge is 2.31. The molecule has 0 saturated heterocycles. The highest BCUT2D eigenvalue weighted by molar-refractivity contribution is 5.29. The highest BCUT2D eigenvalue weighted by atomic mass is 19.4. The van der Waals surface area contributed by atoms with E-state index in [1.54, 1.807) is 0 Å². The Hall–Kier alpha value is -1.81. The number of aliphatic hydroxyl groups is 1. The maximum atomic E-state index is 12.5. The minimum atomic E-state index is -4.33. The zero-order valence-electron chi connectivity index (χ0n) is 11.7. The van der Waals surface area contributed by atoms with Crippen LogP contribution in [0.4, 0.5) is 13.2 Å². The quantitative estimate of drug-likeness (QED) is 0.877. The average molecular weight is 294 g/mol. The van der Waals surface area contributed by atoms with Gasteiger partial charge in [-0.15, -0.1) is 0 Å². The number of alkyl halides is 3. The number of hydrogen-bond donors (Lipinski definition) is 1. The van der Waals surface area contributed by atoms with E-state index in [-0.39, 0.29) is 6.42 Å². The Labute approximate surface area is 122 Å². The number of halogens is 3. The molecule has 1 nitrogen and oxygen atoms in total. The van der Waals surface area contributed by atoms with Crippen LogP contribution in [-0.2, 0) is 18.2 Å². The molecule has 0 aliphatic carbocycles. The van der Waals surface area contributed by atoms with E-state index in [4.69, 9.17) is 0 Å². The summed E-state index contributed by atoms with van der Waals surface area (Å²) >= 11 is 0. The summed E-state index contributed by atoms with van der Waals surface area (Å²) in [6.45, 7) is 1.86. The summed E-state index contributed by atoms with van der Waals surface area (Å²) in [5.74, 6) is 0. The molecule has 0 spiro atoms. The first-order valence-corrected chi connectivity index (χ1v) is 6.79. The Kier molecular flexibility index (Phi) is 4.37. The van der Waals surface area contributed by atoms with Crippen LogP contribution in [0, 0.1) is 0 Å². The minimum Gasteiger partial charge on any atom is -0.385 e. The van der Waals surface area contributed by atoms with Gasteiger partial charge in [-0.1, -0.05) is 49.4 Å². The SMILES string of the molecule is CCC(O)(Cc1ccc(C(F)(F)F)cc1)c1ccccc1. The van der Waals surface area contributed by atoms with Gasteiger partial charge in [-0.3, -0.25) is 0 Å². The second-order valence-corrected chi connectivity index (χ2v) is 5.12. The first-order valence-electron chi connectivity index (χ1n) is 6.79. The second kappa shape index (κ2) is 5.90. The predicted octanol–water partition coefficient (Wildman–Crippen LogP) is 4.55. The van der Waals surface area contributed by atoms with Crippen LogP contribution in [0.2, 0.25) is 0 Å². The molecule has 0 aliphatic heterocycles. The molecule has 1 N–H and O–H groups in total. The molecule has 21 heavy (non-hydrogen) atoms. The molecule has 0 fully saturated rings. The van der Waals surface area contributed by atoms with Gasteiger partial charge < -0.3 is 5.11 Å². The van der Waals surface area contributed by atoms with Crippen molar-refractivity contribution in [1.29, 1.82) is 0 Å². The van der Waals surface area contributed by atoms with Crippen molar-refractivity contribution >= 4 is 0 Å². The third-order valence-electron chi connectivity index (χ3n) is 3.67. The average Bonchev–Trinajstić information content (AvgIpc) is 2.47. The van der Waals surface area contributed by atoms with Gasteiger partial charge in [-0.05, 0) is 29.7 Å². The summed E-state index contributed by atoms with van der Waals surface area (Å²) in [4.78, 5) is 0. The number of benzene rings is 2.